The molecule has 7 rings (SSSR count). The third kappa shape index (κ3) is 7.24. The number of benzene rings is 3. The second kappa shape index (κ2) is 15.2. The van der Waals surface area contributed by atoms with Gasteiger partial charge in [0.05, 0.1) is 60.8 Å². The highest BCUT2D eigenvalue weighted by molar-refractivity contribution is 6.32. The summed E-state index contributed by atoms with van der Waals surface area (Å²) in [4.78, 5) is 69.9. The van der Waals surface area contributed by atoms with E-state index in [-0.39, 0.29) is 11.8 Å². The first-order valence-corrected chi connectivity index (χ1v) is 16.9. The Kier molecular flexibility index (Phi) is 9.87. The third-order valence-corrected chi connectivity index (χ3v) is 9.02. The van der Waals surface area contributed by atoms with Gasteiger partial charge in [-0.05, 0) is 89.5 Å². The van der Waals surface area contributed by atoms with Crippen LogP contribution in [0.4, 0.5) is 0 Å². The largest absolute Gasteiger partial charge is 0.465 e. The van der Waals surface area contributed by atoms with Crippen LogP contribution in [0.25, 0.3) is 16.7 Å². The van der Waals surface area contributed by atoms with Crippen molar-refractivity contribution in [3.63, 3.8) is 0 Å². The molecule has 3 aliphatic rings. The van der Waals surface area contributed by atoms with E-state index < -0.39 is 17.9 Å². The van der Waals surface area contributed by atoms with Gasteiger partial charge in [0, 0.05) is 40.3 Å². The number of aromatic amines is 1. The molecule has 0 spiro atoms. The lowest BCUT2D eigenvalue weighted by atomic mass is 9.97. The lowest BCUT2D eigenvalue weighted by Gasteiger charge is -2.13. The quantitative estimate of drug-likeness (QED) is 0.146. The molecule has 3 aromatic carbocycles. The van der Waals surface area contributed by atoms with Crippen molar-refractivity contribution in [2.75, 3.05) is 21.3 Å². The molecule has 0 bridgehead atoms. The van der Waals surface area contributed by atoms with Crippen LogP contribution in [0.1, 0.15) is 59.2 Å². The molecule has 272 valence electrons. The number of esters is 3. The van der Waals surface area contributed by atoms with Crippen LogP contribution in [0.5, 0.6) is 0 Å². The van der Waals surface area contributed by atoms with Crippen molar-refractivity contribution in [2.24, 2.45) is 4.99 Å². The molecule has 3 aliphatic heterocycles. The number of methoxy groups -OCH3 is 3. The van der Waals surface area contributed by atoms with Gasteiger partial charge < -0.3 is 29.8 Å². The highest BCUT2D eigenvalue weighted by Crippen LogP contribution is 2.36. The van der Waals surface area contributed by atoms with Crippen molar-refractivity contribution in [1.82, 2.24) is 15.6 Å². The van der Waals surface area contributed by atoms with E-state index in [9.17, 15) is 24.0 Å². The molecule has 0 saturated carbocycles. The predicted molar refractivity (Wildman–Crippen MR) is 204 cm³/mol. The minimum atomic E-state index is -0.480. The standard InChI is InChI=1S/C43H32N4O8/c1-53-41(50)27-10-4-24(5-11-27)38(30-16-18-32(44-30)39(34-20-22-36(48)46-34)25-6-12-28(13-7-25)42(51)54-2)31-17-19-33(45-31)40(35-21-23-37(49)47-35)26-8-14-29(15-9-26)43(52)55-3/h4-23,44H,1-3H3,(H,46,48)(H,47,49)/b38-31-,39-34-,40-35+. The topological polar surface area (TPSA) is 165 Å². The van der Waals surface area contributed by atoms with Gasteiger partial charge in [0.1, 0.15) is 0 Å². The van der Waals surface area contributed by atoms with E-state index in [1.807, 2.05) is 24.3 Å². The van der Waals surface area contributed by atoms with Crippen LogP contribution in [-0.4, -0.2) is 61.7 Å². The van der Waals surface area contributed by atoms with Gasteiger partial charge in [-0.1, -0.05) is 36.4 Å². The molecule has 4 aromatic rings. The monoisotopic (exact) mass is 732 g/mol. The summed E-state index contributed by atoms with van der Waals surface area (Å²) < 4.78 is 14.7. The van der Waals surface area contributed by atoms with Crippen LogP contribution in [0.2, 0.25) is 0 Å². The Balaban J connectivity index is 1.37. The Labute approximate surface area is 314 Å². The van der Waals surface area contributed by atoms with Crippen LogP contribution in [0, 0.1) is 0 Å². The fourth-order valence-corrected chi connectivity index (χ4v) is 6.38. The molecule has 3 N–H and O–H groups in total. The first kappa shape index (κ1) is 35.8. The van der Waals surface area contributed by atoms with Gasteiger partial charge in [-0.25, -0.2) is 19.4 Å². The molecule has 0 fully saturated rings. The number of hydrogen-bond acceptors (Lipinski definition) is 9. The van der Waals surface area contributed by atoms with Crippen LogP contribution in [-0.2, 0) is 23.8 Å². The van der Waals surface area contributed by atoms with Gasteiger partial charge in [-0.15, -0.1) is 0 Å². The summed E-state index contributed by atoms with van der Waals surface area (Å²) in [5, 5.41) is 5.76. The molecule has 12 heteroatoms. The molecule has 2 amide bonds. The van der Waals surface area contributed by atoms with E-state index in [2.05, 4.69) is 15.6 Å². The van der Waals surface area contributed by atoms with Crippen LogP contribution in [0.15, 0.2) is 143 Å². The van der Waals surface area contributed by atoms with Gasteiger partial charge in [0.2, 0.25) is 11.8 Å². The van der Waals surface area contributed by atoms with Crippen molar-refractivity contribution < 1.29 is 38.2 Å². The van der Waals surface area contributed by atoms with E-state index in [0.29, 0.717) is 73.2 Å². The summed E-state index contributed by atoms with van der Waals surface area (Å²) in [6.07, 6.45) is 9.93. The zero-order chi connectivity index (χ0) is 38.6. The Morgan fingerprint density at radius 2 is 0.836 bits per heavy atom. The number of amides is 2. The maximum atomic E-state index is 12.3. The Hall–Kier alpha value is -7.60. The smallest absolute Gasteiger partial charge is 0.337 e. The minimum absolute atomic E-state index is 0.268. The van der Waals surface area contributed by atoms with Crippen molar-refractivity contribution in [2.45, 2.75) is 0 Å². The highest BCUT2D eigenvalue weighted by Gasteiger charge is 2.24. The highest BCUT2D eigenvalue weighted by atomic mass is 16.5. The average Bonchev–Trinajstić information content (AvgIpc) is 4.06. The van der Waals surface area contributed by atoms with Crippen LogP contribution >= 0.6 is 0 Å². The van der Waals surface area contributed by atoms with Crippen molar-refractivity contribution >= 4 is 52.2 Å². The van der Waals surface area contributed by atoms with Crippen LogP contribution < -0.4 is 10.6 Å². The van der Waals surface area contributed by atoms with Gasteiger partial charge >= 0.3 is 17.9 Å². The Bertz CT molecular complexity index is 2490. The summed E-state index contributed by atoms with van der Waals surface area (Å²) in [5.74, 6) is -1.98. The van der Waals surface area contributed by atoms with E-state index in [1.54, 1.807) is 84.9 Å². The number of carbonyl (C=O) groups excluding carboxylic acids is 5. The number of allylic oxidation sites excluding steroid dienone is 5. The fraction of sp³-hybridized carbons (Fsp3) is 0.0698. The lowest BCUT2D eigenvalue weighted by molar-refractivity contribution is -0.116. The van der Waals surface area contributed by atoms with E-state index in [0.717, 1.165) is 11.1 Å². The molecule has 1 aromatic heterocycles. The van der Waals surface area contributed by atoms with Gasteiger partial charge in [-0.2, -0.15) is 0 Å². The number of aromatic nitrogens is 1. The van der Waals surface area contributed by atoms with Crippen molar-refractivity contribution in [3.05, 3.63) is 183 Å². The Morgan fingerprint density at radius 1 is 0.455 bits per heavy atom. The number of aliphatic imine (C=N–C) groups is 1. The number of hydrogen-bond donors (Lipinski definition) is 3. The number of rotatable bonds is 9. The van der Waals surface area contributed by atoms with Crippen molar-refractivity contribution in [1.29, 1.82) is 0 Å². The number of nitrogens with one attached hydrogen (secondary N) is 3. The third-order valence-electron chi connectivity index (χ3n) is 9.02. The zero-order valence-corrected chi connectivity index (χ0v) is 29.8. The molecule has 4 heterocycles. The molecule has 0 aliphatic carbocycles. The number of H-pyrrole nitrogens is 1. The summed E-state index contributed by atoms with van der Waals surface area (Å²) in [6, 6.07) is 24.4. The molecule has 0 unspecified atom stereocenters. The summed E-state index contributed by atoms with van der Waals surface area (Å²) >= 11 is 0. The normalized spacial score (nSPS) is 17.0. The second-order valence-corrected chi connectivity index (χ2v) is 12.3. The predicted octanol–water partition coefficient (Wildman–Crippen LogP) is 5.69. The number of ether oxygens (including phenoxy) is 3. The van der Waals surface area contributed by atoms with E-state index in [1.165, 1.54) is 33.5 Å². The molecular weight excluding hydrogens is 700 g/mol. The first-order valence-electron chi connectivity index (χ1n) is 16.9. The summed E-state index contributed by atoms with van der Waals surface area (Å²) in [5.41, 5.74) is 8.77. The number of nitrogens with zero attached hydrogens (tertiary/aromatic N) is 1. The zero-order valence-electron chi connectivity index (χ0n) is 29.8. The maximum Gasteiger partial charge on any atom is 0.337 e. The lowest BCUT2D eigenvalue weighted by Crippen LogP contribution is -2.16. The number of carbonyl (C=O) groups is 5. The minimum Gasteiger partial charge on any atom is -0.465 e. The summed E-state index contributed by atoms with van der Waals surface area (Å²) in [6.45, 7) is 0. The average molecular weight is 733 g/mol. The molecule has 0 radical (unpaired) electrons. The van der Waals surface area contributed by atoms with Gasteiger partial charge in [0.15, 0.2) is 0 Å². The molecule has 12 nitrogen and oxygen atoms in total. The van der Waals surface area contributed by atoms with Gasteiger partial charge in [0.25, 0.3) is 0 Å². The van der Waals surface area contributed by atoms with E-state index in [4.69, 9.17) is 19.2 Å². The maximum absolute atomic E-state index is 12.3. The summed E-state index contributed by atoms with van der Waals surface area (Å²) in [7, 11) is 3.94. The first-order chi connectivity index (χ1) is 26.7. The van der Waals surface area contributed by atoms with E-state index >= 15 is 0 Å². The molecule has 0 saturated heterocycles. The molecular formula is C43H32N4O8. The SMILES string of the molecule is COC(=O)c1ccc(/C(=C2\C=CC(C(=C3\C=CC(=O)N3)/c3ccc(C(=O)OC)cc3)=N2)c2ccc(/C(=C3/C=CC(=O)N3)c3ccc(C(=O)OC)cc3)[nH]2)cc1. The van der Waals surface area contributed by atoms with Crippen molar-refractivity contribution in [3.8, 4) is 0 Å². The fourth-order valence-electron chi connectivity index (χ4n) is 6.38. The van der Waals surface area contributed by atoms with Gasteiger partial charge in [-0.3, -0.25) is 9.59 Å². The van der Waals surface area contributed by atoms with Crippen LogP contribution in [0.3, 0.4) is 0 Å². The molecule has 0 atom stereocenters. The molecule has 55 heavy (non-hydrogen) atoms. The second-order valence-electron chi connectivity index (χ2n) is 12.3. The Morgan fingerprint density at radius 3 is 1.25 bits per heavy atom.